The topological polar surface area (TPSA) is 58.6 Å². The van der Waals surface area contributed by atoms with Crippen molar-refractivity contribution in [3.8, 4) is 0 Å². The Kier molecular flexibility index (Phi) is 3.69. The van der Waals surface area contributed by atoms with Gasteiger partial charge in [-0.1, -0.05) is 30.3 Å². The predicted octanol–water partition coefficient (Wildman–Crippen LogP) is 0.865. The van der Waals surface area contributed by atoms with E-state index >= 15 is 0 Å². The fourth-order valence-electron chi connectivity index (χ4n) is 2.82. The molecule has 5 nitrogen and oxygen atoms in total. The van der Waals surface area contributed by atoms with Gasteiger partial charge in [0.1, 0.15) is 12.6 Å². The number of carbonyl (C=O) groups excluding carboxylic acids is 2. The van der Waals surface area contributed by atoms with Crippen LogP contribution in [0.15, 0.2) is 30.3 Å². The summed E-state index contributed by atoms with van der Waals surface area (Å²) in [6.45, 7) is 1.41. The molecule has 1 N–H and O–H groups in total. The number of hydrogen-bond donors (Lipinski definition) is 1. The third-order valence-corrected chi connectivity index (χ3v) is 3.86. The van der Waals surface area contributed by atoms with Crippen LogP contribution in [0.1, 0.15) is 24.4 Å². The molecule has 0 radical (unpaired) electrons. The molecule has 0 aliphatic carbocycles. The molecule has 2 atom stereocenters. The normalized spacial score (nSPS) is 27.3. The van der Waals surface area contributed by atoms with E-state index in [1.807, 2.05) is 30.3 Å². The smallest absolute Gasteiger partial charge is 0.250 e. The fourth-order valence-corrected chi connectivity index (χ4v) is 2.82. The summed E-state index contributed by atoms with van der Waals surface area (Å²) in [6.07, 6.45) is 1.84. The Labute approximate surface area is 117 Å². The van der Waals surface area contributed by atoms with Gasteiger partial charge in [-0.2, -0.15) is 0 Å². The Morgan fingerprint density at radius 1 is 1.20 bits per heavy atom. The summed E-state index contributed by atoms with van der Waals surface area (Å²) >= 11 is 0. The molecule has 2 heterocycles. The number of nitrogens with zero attached hydrogens (tertiary/aromatic N) is 1. The average molecular weight is 274 g/mol. The van der Waals surface area contributed by atoms with E-state index in [2.05, 4.69) is 5.32 Å². The van der Waals surface area contributed by atoms with E-state index in [-0.39, 0.29) is 24.4 Å². The van der Waals surface area contributed by atoms with E-state index in [1.54, 1.807) is 4.90 Å². The van der Waals surface area contributed by atoms with Crippen LogP contribution in [0, 0.1) is 0 Å². The molecular formula is C15H18N2O3. The van der Waals surface area contributed by atoms with Gasteiger partial charge in [-0.25, -0.2) is 0 Å². The third-order valence-electron chi connectivity index (χ3n) is 3.86. The molecule has 0 bridgehead atoms. The number of piperazine rings is 1. The van der Waals surface area contributed by atoms with Gasteiger partial charge in [0.05, 0.1) is 12.6 Å². The second-order valence-electron chi connectivity index (χ2n) is 5.25. The highest BCUT2D eigenvalue weighted by molar-refractivity contribution is 5.95. The maximum absolute atomic E-state index is 12.6. The lowest BCUT2D eigenvalue weighted by atomic mass is 10.0. The van der Waals surface area contributed by atoms with Gasteiger partial charge in [-0.3, -0.25) is 9.59 Å². The molecule has 5 heteroatoms. The molecule has 2 amide bonds. The van der Waals surface area contributed by atoms with Crippen LogP contribution in [0.4, 0.5) is 0 Å². The molecule has 2 aliphatic rings. The molecule has 2 aliphatic heterocycles. The zero-order valence-corrected chi connectivity index (χ0v) is 11.2. The number of hydrogen-bond acceptors (Lipinski definition) is 3. The lowest BCUT2D eigenvalue weighted by molar-refractivity contribution is -0.149. The Bertz CT molecular complexity index is 497. The summed E-state index contributed by atoms with van der Waals surface area (Å²) in [4.78, 5) is 26.2. The lowest BCUT2D eigenvalue weighted by Gasteiger charge is -2.39. The van der Waals surface area contributed by atoms with E-state index in [1.165, 1.54) is 0 Å². The zero-order valence-electron chi connectivity index (χ0n) is 11.2. The summed E-state index contributed by atoms with van der Waals surface area (Å²) in [5.74, 6) is -0.143. The largest absolute Gasteiger partial charge is 0.379 e. The van der Waals surface area contributed by atoms with Crippen LogP contribution in [0.25, 0.3) is 0 Å². The number of carbonyl (C=O) groups is 2. The number of benzene rings is 1. The van der Waals surface area contributed by atoms with Crippen molar-refractivity contribution in [3.05, 3.63) is 35.9 Å². The molecule has 1 aromatic carbocycles. The summed E-state index contributed by atoms with van der Waals surface area (Å²) in [7, 11) is 0. The maximum Gasteiger partial charge on any atom is 0.250 e. The highest BCUT2D eigenvalue weighted by Gasteiger charge is 2.37. The van der Waals surface area contributed by atoms with Gasteiger partial charge in [-0.05, 0) is 18.4 Å². The first-order valence-corrected chi connectivity index (χ1v) is 6.98. The lowest BCUT2D eigenvalue weighted by Crippen LogP contribution is -2.58. The highest BCUT2D eigenvalue weighted by Crippen LogP contribution is 2.23. The molecule has 2 fully saturated rings. The van der Waals surface area contributed by atoms with Crippen LogP contribution in [-0.2, 0) is 14.3 Å². The molecule has 1 aromatic rings. The molecule has 2 saturated heterocycles. The molecule has 2 unspecified atom stereocenters. The van der Waals surface area contributed by atoms with Crippen molar-refractivity contribution in [2.45, 2.75) is 24.9 Å². The van der Waals surface area contributed by atoms with Crippen molar-refractivity contribution in [1.82, 2.24) is 10.2 Å². The predicted molar refractivity (Wildman–Crippen MR) is 72.9 cm³/mol. The minimum atomic E-state index is -0.570. The minimum absolute atomic E-state index is 0.0218. The molecule has 106 valence electrons. The number of ether oxygens (including phenoxy) is 1. The quantitative estimate of drug-likeness (QED) is 0.870. The van der Waals surface area contributed by atoms with E-state index in [0.717, 1.165) is 25.0 Å². The Balaban J connectivity index is 1.82. The Hall–Kier alpha value is -1.88. The number of amides is 2. The highest BCUT2D eigenvalue weighted by atomic mass is 16.5. The maximum atomic E-state index is 12.6. The Morgan fingerprint density at radius 3 is 2.70 bits per heavy atom. The molecule has 3 rings (SSSR count). The second-order valence-corrected chi connectivity index (χ2v) is 5.25. The third kappa shape index (κ3) is 2.54. The number of nitrogens with one attached hydrogen (secondary N) is 1. The van der Waals surface area contributed by atoms with E-state index < -0.39 is 6.04 Å². The molecule has 0 saturated carbocycles. The van der Waals surface area contributed by atoms with Gasteiger partial charge in [-0.15, -0.1) is 0 Å². The standard InChI is InChI=1S/C15H18N2O3/c18-13-9-17(12-7-4-8-20-10-12)15(19)14(16-13)11-5-2-1-3-6-11/h1-3,5-6,12,14H,4,7-10H2,(H,16,18). The van der Waals surface area contributed by atoms with Crippen LogP contribution in [0.3, 0.4) is 0 Å². The van der Waals surface area contributed by atoms with E-state index in [9.17, 15) is 9.59 Å². The van der Waals surface area contributed by atoms with Gasteiger partial charge in [0.25, 0.3) is 5.91 Å². The first-order valence-electron chi connectivity index (χ1n) is 6.98. The van der Waals surface area contributed by atoms with Gasteiger partial charge >= 0.3 is 0 Å². The zero-order chi connectivity index (χ0) is 13.9. The summed E-state index contributed by atoms with van der Waals surface area (Å²) in [6, 6.07) is 8.82. The van der Waals surface area contributed by atoms with Crippen molar-refractivity contribution in [2.24, 2.45) is 0 Å². The average Bonchev–Trinajstić information content (AvgIpc) is 2.51. The van der Waals surface area contributed by atoms with Crippen molar-refractivity contribution in [2.75, 3.05) is 19.8 Å². The van der Waals surface area contributed by atoms with Crippen LogP contribution in [-0.4, -0.2) is 42.5 Å². The van der Waals surface area contributed by atoms with Crippen molar-refractivity contribution >= 4 is 11.8 Å². The van der Waals surface area contributed by atoms with E-state index in [0.29, 0.717) is 6.61 Å². The second kappa shape index (κ2) is 5.63. The van der Waals surface area contributed by atoms with Gasteiger partial charge < -0.3 is 15.0 Å². The van der Waals surface area contributed by atoms with Crippen molar-refractivity contribution in [3.63, 3.8) is 0 Å². The fraction of sp³-hybridized carbons (Fsp3) is 0.467. The first kappa shape index (κ1) is 13.1. The molecule has 0 aromatic heterocycles. The Morgan fingerprint density at radius 2 is 2.00 bits per heavy atom. The summed E-state index contributed by atoms with van der Waals surface area (Å²) in [5.41, 5.74) is 0.826. The van der Waals surface area contributed by atoms with Crippen LogP contribution >= 0.6 is 0 Å². The van der Waals surface area contributed by atoms with Gasteiger partial charge in [0.15, 0.2) is 0 Å². The summed E-state index contributed by atoms with van der Waals surface area (Å²) < 4.78 is 5.43. The van der Waals surface area contributed by atoms with Gasteiger partial charge in [0, 0.05) is 6.61 Å². The number of rotatable bonds is 2. The van der Waals surface area contributed by atoms with Gasteiger partial charge in [0.2, 0.25) is 5.91 Å². The minimum Gasteiger partial charge on any atom is -0.379 e. The van der Waals surface area contributed by atoms with Crippen LogP contribution in [0.5, 0.6) is 0 Å². The molecular weight excluding hydrogens is 256 g/mol. The van der Waals surface area contributed by atoms with Crippen LogP contribution < -0.4 is 5.32 Å². The first-order chi connectivity index (χ1) is 9.75. The SMILES string of the molecule is O=C1CN(C2CCCOC2)C(=O)C(c2ccccc2)N1. The molecule has 0 spiro atoms. The van der Waals surface area contributed by atoms with Crippen molar-refractivity contribution in [1.29, 1.82) is 0 Å². The molecule has 20 heavy (non-hydrogen) atoms. The monoisotopic (exact) mass is 274 g/mol. The summed E-state index contributed by atoms with van der Waals surface area (Å²) in [5, 5.41) is 2.78. The van der Waals surface area contributed by atoms with E-state index in [4.69, 9.17) is 4.74 Å². The van der Waals surface area contributed by atoms with Crippen molar-refractivity contribution < 1.29 is 14.3 Å². The van der Waals surface area contributed by atoms with Crippen LogP contribution in [0.2, 0.25) is 0 Å².